The zero-order valence-electron chi connectivity index (χ0n) is 9.76. The first-order chi connectivity index (χ1) is 7.59. The highest BCUT2D eigenvalue weighted by atomic mass is 16.4. The van der Waals surface area contributed by atoms with Crippen molar-refractivity contribution in [1.82, 2.24) is 9.88 Å². The summed E-state index contributed by atoms with van der Waals surface area (Å²) >= 11 is 0. The second-order valence-corrected chi connectivity index (χ2v) is 4.07. The van der Waals surface area contributed by atoms with Crippen LogP contribution in [0.4, 0.5) is 0 Å². The summed E-state index contributed by atoms with van der Waals surface area (Å²) in [6.45, 7) is 3.12. The Labute approximate surface area is 95.9 Å². The summed E-state index contributed by atoms with van der Waals surface area (Å²) in [5, 5.41) is 8.78. The van der Waals surface area contributed by atoms with Crippen molar-refractivity contribution >= 4 is 5.97 Å². The Hall–Kier alpha value is -1.42. The number of hydrogen-bond acceptors (Lipinski definition) is 3. The third kappa shape index (κ3) is 4.40. The van der Waals surface area contributed by atoms with Gasteiger partial charge >= 0.3 is 5.97 Å². The van der Waals surface area contributed by atoms with Crippen LogP contribution in [0.15, 0.2) is 24.4 Å². The Balaban J connectivity index is 2.30. The highest BCUT2D eigenvalue weighted by molar-refractivity contribution is 5.69. The molecular formula is C12H18N2O2. The van der Waals surface area contributed by atoms with Gasteiger partial charge in [-0.1, -0.05) is 13.0 Å². The first kappa shape index (κ1) is 12.6. The predicted molar refractivity (Wildman–Crippen MR) is 62.2 cm³/mol. The van der Waals surface area contributed by atoms with E-state index in [2.05, 4.69) is 4.98 Å². The standard InChI is InChI=1S/C12H18N2O2/c1-10(12(15)16)9-14(2)8-6-11-5-3-4-7-13-11/h3-5,7,10H,6,8-9H2,1-2H3,(H,15,16). The van der Waals surface area contributed by atoms with Crippen LogP contribution in [-0.2, 0) is 11.2 Å². The molecule has 88 valence electrons. The summed E-state index contributed by atoms with van der Waals surface area (Å²) in [4.78, 5) is 16.9. The third-order valence-electron chi connectivity index (χ3n) is 2.48. The molecule has 0 aliphatic rings. The number of hydrogen-bond donors (Lipinski definition) is 1. The van der Waals surface area contributed by atoms with Gasteiger partial charge in [-0.2, -0.15) is 0 Å². The van der Waals surface area contributed by atoms with Crippen LogP contribution >= 0.6 is 0 Å². The number of nitrogens with zero attached hydrogens (tertiary/aromatic N) is 2. The predicted octanol–water partition coefficient (Wildman–Crippen LogP) is 1.28. The summed E-state index contributed by atoms with van der Waals surface area (Å²) in [7, 11) is 1.93. The van der Waals surface area contributed by atoms with Crippen LogP contribution in [0.25, 0.3) is 0 Å². The Bertz CT molecular complexity index is 327. The van der Waals surface area contributed by atoms with E-state index in [1.807, 2.05) is 30.1 Å². The first-order valence-electron chi connectivity index (χ1n) is 5.41. The van der Waals surface area contributed by atoms with Crippen LogP contribution in [0.5, 0.6) is 0 Å². The number of aliphatic carboxylic acids is 1. The molecule has 1 unspecified atom stereocenters. The Morgan fingerprint density at radius 2 is 2.31 bits per heavy atom. The topological polar surface area (TPSA) is 53.4 Å². The molecule has 0 spiro atoms. The van der Waals surface area contributed by atoms with Gasteiger partial charge in [0.2, 0.25) is 0 Å². The van der Waals surface area contributed by atoms with E-state index in [0.29, 0.717) is 6.54 Å². The van der Waals surface area contributed by atoms with Gasteiger partial charge in [-0.3, -0.25) is 9.78 Å². The number of likely N-dealkylation sites (N-methyl/N-ethyl adjacent to an activating group) is 1. The van der Waals surface area contributed by atoms with Gasteiger partial charge in [-0.25, -0.2) is 0 Å². The lowest BCUT2D eigenvalue weighted by Gasteiger charge is -2.18. The smallest absolute Gasteiger partial charge is 0.307 e. The first-order valence-corrected chi connectivity index (χ1v) is 5.41. The normalized spacial score (nSPS) is 12.7. The molecule has 4 nitrogen and oxygen atoms in total. The summed E-state index contributed by atoms with van der Waals surface area (Å²) in [6, 6.07) is 5.83. The maximum Gasteiger partial charge on any atom is 0.307 e. The van der Waals surface area contributed by atoms with E-state index < -0.39 is 5.97 Å². The van der Waals surface area contributed by atoms with Gasteiger partial charge in [-0.05, 0) is 19.2 Å². The van der Waals surface area contributed by atoms with Crippen molar-refractivity contribution in [3.05, 3.63) is 30.1 Å². The monoisotopic (exact) mass is 222 g/mol. The highest BCUT2D eigenvalue weighted by Gasteiger charge is 2.13. The highest BCUT2D eigenvalue weighted by Crippen LogP contribution is 2.00. The summed E-state index contributed by atoms with van der Waals surface area (Å²) in [5.41, 5.74) is 1.04. The summed E-state index contributed by atoms with van der Waals surface area (Å²) in [5.74, 6) is -1.07. The van der Waals surface area contributed by atoms with Crippen molar-refractivity contribution in [3.63, 3.8) is 0 Å². The third-order valence-corrected chi connectivity index (χ3v) is 2.48. The molecule has 0 saturated heterocycles. The maximum atomic E-state index is 10.7. The number of carboxylic acid groups (broad SMARTS) is 1. The number of carboxylic acids is 1. The average Bonchev–Trinajstić information content (AvgIpc) is 2.27. The molecule has 0 aliphatic heterocycles. The van der Waals surface area contributed by atoms with E-state index in [9.17, 15) is 4.79 Å². The van der Waals surface area contributed by atoms with E-state index in [4.69, 9.17) is 5.11 Å². The van der Waals surface area contributed by atoms with Crippen LogP contribution < -0.4 is 0 Å². The van der Waals surface area contributed by atoms with Crippen molar-refractivity contribution in [2.75, 3.05) is 20.1 Å². The lowest BCUT2D eigenvalue weighted by atomic mass is 10.1. The van der Waals surface area contributed by atoms with Crippen LogP contribution in [0.3, 0.4) is 0 Å². The van der Waals surface area contributed by atoms with Crippen molar-refractivity contribution in [1.29, 1.82) is 0 Å². The second-order valence-electron chi connectivity index (χ2n) is 4.07. The zero-order valence-corrected chi connectivity index (χ0v) is 9.76. The molecule has 1 aromatic rings. The van der Waals surface area contributed by atoms with E-state index in [0.717, 1.165) is 18.7 Å². The van der Waals surface area contributed by atoms with Crippen molar-refractivity contribution in [2.24, 2.45) is 5.92 Å². The minimum atomic E-state index is -0.746. The lowest BCUT2D eigenvalue weighted by Crippen LogP contribution is -2.30. The Kier molecular flexibility index (Phi) is 4.92. The van der Waals surface area contributed by atoms with Crippen molar-refractivity contribution in [3.8, 4) is 0 Å². The molecule has 1 rings (SSSR count). The zero-order chi connectivity index (χ0) is 12.0. The molecule has 0 aromatic carbocycles. The molecule has 16 heavy (non-hydrogen) atoms. The molecule has 1 atom stereocenters. The van der Waals surface area contributed by atoms with E-state index in [1.165, 1.54) is 0 Å². The van der Waals surface area contributed by atoms with E-state index in [-0.39, 0.29) is 5.92 Å². The number of pyridine rings is 1. The quantitative estimate of drug-likeness (QED) is 0.787. The molecule has 0 saturated carbocycles. The molecular weight excluding hydrogens is 204 g/mol. The van der Waals surface area contributed by atoms with Gasteiger partial charge in [0.05, 0.1) is 5.92 Å². The van der Waals surface area contributed by atoms with Crippen molar-refractivity contribution in [2.45, 2.75) is 13.3 Å². The molecule has 0 fully saturated rings. The largest absolute Gasteiger partial charge is 0.481 e. The molecule has 0 bridgehead atoms. The fraction of sp³-hybridized carbons (Fsp3) is 0.500. The van der Waals surface area contributed by atoms with E-state index in [1.54, 1.807) is 13.1 Å². The SMILES string of the molecule is CC(CN(C)CCc1ccccn1)C(=O)O. The van der Waals surface area contributed by atoms with Gasteiger partial charge in [0.15, 0.2) is 0 Å². The van der Waals surface area contributed by atoms with Crippen LogP contribution in [-0.4, -0.2) is 41.1 Å². The van der Waals surface area contributed by atoms with Crippen LogP contribution in [0, 0.1) is 5.92 Å². The molecule has 1 heterocycles. The second kappa shape index (κ2) is 6.23. The fourth-order valence-corrected chi connectivity index (χ4v) is 1.49. The van der Waals surface area contributed by atoms with Gasteiger partial charge < -0.3 is 10.0 Å². The van der Waals surface area contributed by atoms with Crippen LogP contribution in [0.2, 0.25) is 0 Å². The van der Waals surface area contributed by atoms with Gasteiger partial charge in [0, 0.05) is 31.4 Å². The lowest BCUT2D eigenvalue weighted by molar-refractivity contribution is -0.141. The molecule has 0 radical (unpaired) electrons. The molecule has 1 N–H and O–H groups in total. The van der Waals surface area contributed by atoms with Crippen molar-refractivity contribution < 1.29 is 9.90 Å². The summed E-state index contributed by atoms with van der Waals surface area (Å²) in [6.07, 6.45) is 2.62. The minimum Gasteiger partial charge on any atom is -0.481 e. The van der Waals surface area contributed by atoms with E-state index >= 15 is 0 Å². The van der Waals surface area contributed by atoms with Gasteiger partial charge in [-0.15, -0.1) is 0 Å². The number of rotatable bonds is 6. The Morgan fingerprint density at radius 1 is 1.56 bits per heavy atom. The van der Waals surface area contributed by atoms with Crippen LogP contribution in [0.1, 0.15) is 12.6 Å². The molecule has 4 heteroatoms. The molecule has 1 aromatic heterocycles. The summed E-state index contributed by atoms with van der Waals surface area (Å²) < 4.78 is 0. The van der Waals surface area contributed by atoms with Gasteiger partial charge in [0.25, 0.3) is 0 Å². The maximum absolute atomic E-state index is 10.7. The fourth-order valence-electron chi connectivity index (χ4n) is 1.49. The Morgan fingerprint density at radius 3 is 2.88 bits per heavy atom. The minimum absolute atomic E-state index is 0.325. The molecule has 0 aliphatic carbocycles. The number of carbonyl (C=O) groups is 1. The molecule has 0 amide bonds. The average molecular weight is 222 g/mol. The van der Waals surface area contributed by atoms with Gasteiger partial charge in [0.1, 0.15) is 0 Å². The number of aromatic nitrogens is 1.